The molecular weight excluding hydrogens is 262 g/mol. The zero-order valence-corrected chi connectivity index (χ0v) is 11.9. The second-order valence-corrected chi connectivity index (χ2v) is 5.36. The zero-order chi connectivity index (χ0) is 13.7. The third kappa shape index (κ3) is 3.68. The van der Waals surface area contributed by atoms with Crippen LogP contribution in [0.25, 0.3) is 0 Å². The van der Waals surface area contributed by atoms with E-state index in [1.807, 2.05) is 6.07 Å². The second-order valence-electron chi connectivity index (χ2n) is 4.10. The molecule has 2 aromatic rings. The van der Waals surface area contributed by atoms with E-state index >= 15 is 0 Å². The van der Waals surface area contributed by atoms with E-state index < -0.39 is 0 Å². The van der Waals surface area contributed by atoms with Crippen LogP contribution in [-0.2, 0) is 24.3 Å². The van der Waals surface area contributed by atoms with Gasteiger partial charge in [-0.25, -0.2) is 0 Å². The van der Waals surface area contributed by atoms with Gasteiger partial charge in [0.2, 0.25) is 0 Å². The molecule has 2 rings (SSSR count). The fourth-order valence-corrected chi connectivity index (χ4v) is 2.58. The predicted molar refractivity (Wildman–Crippen MR) is 74.3 cm³/mol. The van der Waals surface area contributed by atoms with Gasteiger partial charge in [0.1, 0.15) is 12.4 Å². The number of hydrogen-bond acceptors (Lipinski definition) is 4. The molecule has 0 aromatic carbocycles. The van der Waals surface area contributed by atoms with Crippen LogP contribution in [0, 0.1) is 0 Å². The summed E-state index contributed by atoms with van der Waals surface area (Å²) in [6.45, 7) is 3.02. The summed E-state index contributed by atoms with van der Waals surface area (Å²) in [4.78, 5) is 14.3. The van der Waals surface area contributed by atoms with Crippen molar-refractivity contribution in [3.05, 3.63) is 45.5 Å². The van der Waals surface area contributed by atoms with Crippen molar-refractivity contribution in [3.63, 3.8) is 0 Å². The fraction of sp³-hybridized carbons (Fsp3) is 0.357. The molecular formula is C14H17NO3S. The first-order valence-corrected chi connectivity index (χ1v) is 6.98. The molecule has 0 aliphatic carbocycles. The average Bonchev–Trinajstić information content (AvgIpc) is 3.05. The Hall–Kier alpha value is -1.59. The Morgan fingerprint density at radius 1 is 1.32 bits per heavy atom. The molecule has 1 amide bonds. The Morgan fingerprint density at radius 3 is 2.79 bits per heavy atom. The van der Waals surface area contributed by atoms with Gasteiger partial charge in [-0.15, -0.1) is 11.3 Å². The minimum atomic E-state index is -0.200. The van der Waals surface area contributed by atoms with E-state index in [4.69, 9.17) is 9.15 Å². The molecule has 19 heavy (non-hydrogen) atoms. The molecule has 0 fully saturated rings. The van der Waals surface area contributed by atoms with Crippen LogP contribution in [0.15, 0.2) is 28.7 Å². The van der Waals surface area contributed by atoms with Crippen molar-refractivity contribution in [2.24, 2.45) is 0 Å². The van der Waals surface area contributed by atoms with Crippen molar-refractivity contribution in [2.45, 2.75) is 26.5 Å². The lowest BCUT2D eigenvalue weighted by Crippen LogP contribution is -2.21. The Bertz CT molecular complexity index is 544. The maximum atomic E-state index is 11.9. The van der Waals surface area contributed by atoms with E-state index in [2.05, 4.69) is 18.3 Å². The molecule has 2 aromatic heterocycles. The van der Waals surface area contributed by atoms with Crippen molar-refractivity contribution >= 4 is 17.2 Å². The van der Waals surface area contributed by atoms with E-state index in [1.54, 1.807) is 30.6 Å². The molecule has 0 bridgehead atoms. The summed E-state index contributed by atoms with van der Waals surface area (Å²) in [6.07, 6.45) is 1.02. The summed E-state index contributed by atoms with van der Waals surface area (Å²) in [5.74, 6) is 0.769. The summed E-state index contributed by atoms with van der Waals surface area (Å²) in [7, 11) is 1.59. The van der Waals surface area contributed by atoms with Crippen LogP contribution in [-0.4, -0.2) is 13.0 Å². The highest BCUT2D eigenvalue weighted by Crippen LogP contribution is 2.17. The summed E-state index contributed by atoms with van der Waals surface area (Å²) >= 11 is 1.72. The van der Waals surface area contributed by atoms with Crippen LogP contribution in [0.5, 0.6) is 0 Å². The van der Waals surface area contributed by atoms with Crippen LogP contribution in [0.2, 0.25) is 0 Å². The number of amides is 1. The number of thiophene rings is 1. The highest BCUT2D eigenvalue weighted by Gasteiger charge is 2.11. The van der Waals surface area contributed by atoms with Gasteiger partial charge in [0, 0.05) is 16.9 Å². The fourth-order valence-electron chi connectivity index (χ4n) is 1.68. The molecule has 0 saturated heterocycles. The van der Waals surface area contributed by atoms with Gasteiger partial charge in [-0.05, 0) is 30.7 Å². The SMILES string of the molecule is CCc1ccc(CNC(=O)c2ccc(COC)o2)s1. The second kappa shape index (κ2) is 6.54. The smallest absolute Gasteiger partial charge is 0.287 e. The van der Waals surface area contributed by atoms with E-state index in [0.29, 0.717) is 24.7 Å². The van der Waals surface area contributed by atoms with Crippen molar-refractivity contribution in [1.82, 2.24) is 5.32 Å². The van der Waals surface area contributed by atoms with Crippen molar-refractivity contribution in [3.8, 4) is 0 Å². The van der Waals surface area contributed by atoms with Gasteiger partial charge in [-0.1, -0.05) is 6.92 Å². The van der Waals surface area contributed by atoms with Gasteiger partial charge in [0.05, 0.1) is 6.54 Å². The number of methoxy groups -OCH3 is 1. The molecule has 0 spiro atoms. The maximum Gasteiger partial charge on any atom is 0.287 e. The number of ether oxygens (including phenoxy) is 1. The van der Waals surface area contributed by atoms with Crippen LogP contribution in [0.1, 0.15) is 33.0 Å². The molecule has 0 aliphatic heterocycles. The van der Waals surface area contributed by atoms with Gasteiger partial charge in [-0.2, -0.15) is 0 Å². The van der Waals surface area contributed by atoms with E-state index in [9.17, 15) is 4.79 Å². The highest BCUT2D eigenvalue weighted by molar-refractivity contribution is 7.11. The summed E-state index contributed by atoms with van der Waals surface area (Å²) in [6, 6.07) is 7.55. The number of carbonyl (C=O) groups is 1. The van der Waals surface area contributed by atoms with Gasteiger partial charge in [0.25, 0.3) is 5.91 Å². The molecule has 102 valence electrons. The largest absolute Gasteiger partial charge is 0.453 e. The zero-order valence-electron chi connectivity index (χ0n) is 11.1. The van der Waals surface area contributed by atoms with Crippen LogP contribution in [0.3, 0.4) is 0 Å². The first-order valence-electron chi connectivity index (χ1n) is 6.16. The minimum absolute atomic E-state index is 0.200. The van der Waals surface area contributed by atoms with Crippen LogP contribution < -0.4 is 5.32 Å². The topological polar surface area (TPSA) is 51.5 Å². The maximum absolute atomic E-state index is 11.9. The summed E-state index contributed by atoms with van der Waals surface area (Å²) in [5.41, 5.74) is 0. The molecule has 0 atom stereocenters. The molecule has 0 unspecified atom stereocenters. The van der Waals surface area contributed by atoms with Gasteiger partial charge in [0.15, 0.2) is 5.76 Å². The quantitative estimate of drug-likeness (QED) is 0.884. The standard InChI is InChI=1S/C14H17NO3S/c1-3-11-5-6-12(19-11)8-15-14(16)13-7-4-10(18-13)9-17-2/h4-7H,3,8-9H2,1-2H3,(H,15,16). The van der Waals surface area contributed by atoms with E-state index in [-0.39, 0.29) is 5.91 Å². The molecule has 5 heteroatoms. The van der Waals surface area contributed by atoms with Crippen molar-refractivity contribution < 1.29 is 13.9 Å². The van der Waals surface area contributed by atoms with Crippen LogP contribution in [0.4, 0.5) is 0 Å². The lowest BCUT2D eigenvalue weighted by Gasteiger charge is -2.00. The summed E-state index contributed by atoms with van der Waals surface area (Å²) in [5, 5.41) is 2.85. The Labute approximate surface area is 116 Å². The molecule has 0 radical (unpaired) electrons. The summed E-state index contributed by atoms with van der Waals surface area (Å²) < 4.78 is 10.3. The van der Waals surface area contributed by atoms with Gasteiger partial charge < -0.3 is 14.5 Å². The lowest BCUT2D eigenvalue weighted by molar-refractivity contribution is 0.0915. The number of carbonyl (C=O) groups excluding carboxylic acids is 1. The predicted octanol–water partition coefficient (Wildman–Crippen LogP) is 2.98. The molecule has 0 saturated carbocycles. The number of furan rings is 1. The average molecular weight is 279 g/mol. The van der Waals surface area contributed by atoms with Gasteiger partial charge >= 0.3 is 0 Å². The third-order valence-electron chi connectivity index (χ3n) is 2.66. The molecule has 1 N–H and O–H groups in total. The van der Waals surface area contributed by atoms with E-state index in [1.165, 1.54) is 4.88 Å². The number of aryl methyl sites for hydroxylation is 1. The number of nitrogens with one attached hydrogen (secondary N) is 1. The Balaban J connectivity index is 1.89. The monoisotopic (exact) mass is 279 g/mol. The van der Waals surface area contributed by atoms with Crippen LogP contribution >= 0.6 is 11.3 Å². The first-order chi connectivity index (χ1) is 9.22. The highest BCUT2D eigenvalue weighted by atomic mass is 32.1. The van der Waals surface area contributed by atoms with Crippen molar-refractivity contribution in [2.75, 3.05) is 7.11 Å². The lowest BCUT2D eigenvalue weighted by atomic mass is 10.3. The van der Waals surface area contributed by atoms with Gasteiger partial charge in [-0.3, -0.25) is 4.79 Å². The molecule has 2 heterocycles. The van der Waals surface area contributed by atoms with Crippen molar-refractivity contribution in [1.29, 1.82) is 0 Å². The Kier molecular flexibility index (Phi) is 4.76. The normalized spacial score (nSPS) is 10.6. The van der Waals surface area contributed by atoms with E-state index in [0.717, 1.165) is 11.3 Å². The molecule has 0 aliphatic rings. The third-order valence-corrected chi connectivity index (χ3v) is 3.89. The first kappa shape index (κ1) is 13.8. The number of hydrogen-bond donors (Lipinski definition) is 1. The minimum Gasteiger partial charge on any atom is -0.453 e. The molecule has 4 nitrogen and oxygen atoms in total. The number of rotatable bonds is 6. The Morgan fingerprint density at radius 2 is 2.11 bits per heavy atom.